The summed E-state index contributed by atoms with van der Waals surface area (Å²) in [6.45, 7) is 9.14. The van der Waals surface area contributed by atoms with Crippen molar-refractivity contribution in [3.63, 3.8) is 0 Å². The lowest BCUT2D eigenvalue weighted by molar-refractivity contribution is 0.533. The summed E-state index contributed by atoms with van der Waals surface area (Å²) in [7, 11) is 2.10. The number of nitrogens with two attached hydrogens (primary N) is 1. The molecule has 2 N–H and O–H groups in total. The summed E-state index contributed by atoms with van der Waals surface area (Å²) in [6, 6.07) is 7.02. The Hall–Kier alpha value is -1.81. The number of likely N-dealkylation sites (N-methyl/N-ethyl adjacent to an activating group) is 1. The zero-order chi connectivity index (χ0) is 15.6. The Morgan fingerprint density at radius 1 is 1.29 bits per heavy atom. The van der Waals surface area contributed by atoms with Gasteiger partial charge in [-0.3, -0.25) is 0 Å². The van der Waals surface area contributed by atoms with Crippen molar-refractivity contribution >= 4 is 5.69 Å². The molecule has 0 aliphatic carbocycles. The second-order valence-electron chi connectivity index (χ2n) is 5.97. The molecule has 4 nitrogen and oxygen atoms in total. The minimum Gasteiger partial charge on any atom is -0.364 e. The van der Waals surface area contributed by atoms with Gasteiger partial charge in [0.25, 0.3) is 0 Å². The maximum Gasteiger partial charge on any atom is 0.0951 e. The van der Waals surface area contributed by atoms with E-state index in [1.807, 2.05) is 12.5 Å². The van der Waals surface area contributed by atoms with Crippen LogP contribution in [0.3, 0.4) is 0 Å². The molecule has 0 bridgehead atoms. The molecular formula is C17H26N4. The topological polar surface area (TPSA) is 47.1 Å². The molecule has 0 saturated carbocycles. The van der Waals surface area contributed by atoms with Gasteiger partial charge in [-0.2, -0.15) is 0 Å². The standard InChI is InChI=1S/C17H26N4/c1-12(2)21-11-19-10-17(21)16(9-18)20(5)15-7-6-13(3)8-14(15)4/h6-8,10-12,16H,9,18H2,1-5H3. The van der Waals surface area contributed by atoms with Gasteiger partial charge in [-0.05, 0) is 39.3 Å². The van der Waals surface area contributed by atoms with Crippen molar-refractivity contribution in [2.75, 3.05) is 18.5 Å². The monoisotopic (exact) mass is 286 g/mol. The van der Waals surface area contributed by atoms with Gasteiger partial charge in [0.15, 0.2) is 0 Å². The lowest BCUT2D eigenvalue weighted by Gasteiger charge is -2.31. The second-order valence-corrected chi connectivity index (χ2v) is 5.97. The molecule has 1 aromatic carbocycles. The Bertz CT molecular complexity index is 601. The van der Waals surface area contributed by atoms with E-state index in [0.29, 0.717) is 12.6 Å². The molecule has 1 heterocycles. The summed E-state index contributed by atoms with van der Waals surface area (Å²) >= 11 is 0. The van der Waals surface area contributed by atoms with Crippen molar-refractivity contribution in [3.05, 3.63) is 47.5 Å². The Morgan fingerprint density at radius 2 is 2.00 bits per heavy atom. The Labute approximate surface area is 127 Å². The molecule has 0 aliphatic heterocycles. The van der Waals surface area contributed by atoms with Crippen LogP contribution in [0.5, 0.6) is 0 Å². The number of aromatic nitrogens is 2. The number of aryl methyl sites for hydroxylation is 2. The molecule has 0 fully saturated rings. The van der Waals surface area contributed by atoms with Gasteiger partial charge < -0.3 is 15.2 Å². The summed E-state index contributed by atoms with van der Waals surface area (Å²) in [5, 5.41) is 0. The van der Waals surface area contributed by atoms with E-state index in [0.717, 1.165) is 5.69 Å². The molecule has 1 atom stereocenters. The summed E-state index contributed by atoms with van der Waals surface area (Å²) in [5.41, 5.74) is 11.0. The summed E-state index contributed by atoms with van der Waals surface area (Å²) in [6.07, 6.45) is 3.82. The Balaban J connectivity index is 2.38. The number of benzene rings is 1. The molecule has 2 aromatic rings. The lowest BCUT2D eigenvalue weighted by atomic mass is 10.1. The average Bonchev–Trinajstić information content (AvgIpc) is 2.88. The fourth-order valence-corrected chi connectivity index (χ4v) is 2.85. The Kier molecular flexibility index (Phi) is 4.68. The Morgan fingerprint density at radius 3 is 2.57 bits per heavy atom. The van der Waals surface area contributed by atoms with E-state index in [1.54, 1.807) is 0 Å². The first-order valence-electron chi connectivity index (χ1n) is 7.47. The van der Waals surface area contributed by atoms with Crippen molar-refractivity contribution < 1.29 is 0 Å². The average molecular weight is 286 g/mol. The van der Waals surface area contributed by atoms with Crippen LogP contribution in [0, 0.1) is 13.8 Å². The van der Waals surface area contributed by atoms with Crippen molar-refractivity contribution in [1.29, 1.82) is 0 Å². The minimum atomic E-state index is 0.122. The van der Waals surface area contributed by atoms with Crippen LogP contribution >= 0.6 is 0 Å². The van der Waals surface area contributed by atoms with E-state index in [2.05, 4.69) is 67.4 Å². The van der Waals surface area contributed by atoms with Gasteiger partial charge in [0.2, 0.25) is 0 Å². The molecule has 0 spiro atoms. The van der Waals surface area contributed by atoms with E-state index in [-0.39, 0.29) is 6.04 Å². The molecule has 0 aliphatic rings. The number of anilines is 1. The zero-order valence-electron chi connectivity index (χ0n) is 13.7. The van der Waals surface area contributed by atoms with Crippen molar-refractivity contribution in [2.45, 2.75) is 39.8 Å². The highest BCUT2D eigenvalue weighted by Gasteiger charge is 2.21. The van der Waals surface area contributed by atoms with E-state index >= 15 is 0 Å². The van der Waals surface area contributed by atoms with E-state index in [4.69, 9.17) is 5.73 Å². The van der Waals surface area contributed by atoms with Crippen LogP contribution in [0.4, 0.5) is 5.69 Å². The van der Waals surface area contributed by atoms with Gasteiger partial charge in [-0.1, -0.05) is 17.7 Å². The third-order valence-electron chi connectivity index (χ3n) is 4.02. The third-order valence-corrected chi connectivity index (χ3v) is 4.02. The van der Waals surface area contributed by atoms with Crippen LogP contribution in [0.25, 0.3) is 0 Å². The summed E-state index contributed by atoms with van der Waals surface area (Å²) in [5.74, 6) is 0. The number of imidazole rings is 1. The fraction of sp³-hybridized carbons (Fsp3) is 0.471. The van der Waals surface area contributed by atoms with Gasteiger partial charge >= 0.3 is 0 Å². The van der Waals surface area contributed by atoms with Crippen LogP contribution < -0.4 is 10.6 Å². The van der Waals surface area contributed by atoms with Crippen LogP contribution in [-0.4, -0.2) is 23.1 Å². The molecule has 21 heavy (non-hydrogen) atoms. The van der Waals surface area contributed by atoms with E-state index in [1.165, 1.54) is 16.8 Å². The maximum absolute atomic E-state index is 6.07. The second kappa shape index (κ2) is 6.31. The highest BCUT2D eigenvalue weighted by atomic mass is 15.2. The summed E-state index contributed by atoms with van der Waals surface area (Å²) < 4.78 is 2.19. The normalized spacial score (nSPS) is 12.7. The van der Waals surface area contributed by atoms with Crippen molar-refractivity contribution in [2.24, 2.45) is 5.73 Å². The number of hydrogen-bond acceptors (Lipinski definition) is 3. The quantitative estimate of drug-likeness (QED) is 0.918. The van der Waals surface area contributed by atoms with Gasteiger partial charge in [-0.25, -0.2) is 4.98 Å². The molecule has 0 saturated heterocycles. The van der Waals surface area contributed by atoms with Crippen molar-refractivity contribution in [1.82, 2.24) is 9.55 Å². The number of rotatable bonds is 5. The van der Waals surface area contributed by atoms with Crippen LogP contribution in [0.15, 0.2) is 30.7 Å². The summed E-state index contributed by atoms with van der Waals surface area (Å²) in [4.78, 5) is 6.56. The molecule has 2 rings (SSSR count). The lowest BCUT2D eigenvalue weighted by Crippen LogP contribution is -2.32. The third kappa shape index (κ3) is 3.10. The minimum absolute atomic E-state index is 0.122. The molecule has 0 amide bonds. The molecule has 4 heteroatoms. The van der Waals surface area contributed by atoms with Gasteiger partial charge in [0.1, 0.15) is 0 Å². The van der Waals surface area contributed by atoms with E-state index in [9.17, 15) is 0 Å². The molecular weight excluding hydrogens is 260 g/mol. The van der Waals surface area contributed by atoms with Gasteiger partial charge in [-0.15, -0.1) is 0 Å². The first-order valence-corrected chi connectivity index (χ1v) is 7.47. The van der Waals surface area contributed by atoms with Crippen molar-refractivity contribution in [3.8, 4) is 0 Å². The first kappa shape index (κ1) is 15.6. The fourth-order valence-electron chi connectivity index (χ4n) is 2.85. The first-order chi connectivity index (χ1) is 9.95. The predicted octanol–water partition coefficient (Wildman–Crippen LogP) is 3.22. The highest BCUT2D eigenvalue weighted by molar-refractivity contribution is 5.55. The smallest absolute Gasteiger partial charge is 0.0951 e. The predicted molar refractivity (Wildman–Crippen MR) is 88.7 cm³/mol. The number of nitrogens with zero attached hydrogens (tertiary/aromatic N) is 3. The molecule has 114 valence electrons. The van der Waals surface area contributed by atoms with E-state index < -0.39 is 0 Å². The van der Waals surface area contributed by atoms with Crippen LogP contribution in [0.1, 0.15) is 42.8 Å². The molecule has 1 unspecified atom stereocenters. The SMILES string of the molecule is Cc1ccc(N(C)C(CN)c2cncn2C(C)C)c(C)c1. The highest BCUT2D eigenvalue weighted by Crippen LogP contribution is 2.29. The van der Waals surface area contributed by atoms with Gasteiger partial charge in [0, 0.05) is 25.3 Å². The van der Waals surface area contributed by atoms with Crippen LogP contribution in [-0.2, 0) is 0 Å². The number of hydrogen-bond donors (Lipinski definition) is 1. The maximum atomic E-state index is 6.07. The largest absolute Gasteiger partial charge is 0.364 e. The molecule has 0 radical (unpaired) electrons. The van der Waals surface area contributed by atoms with Gasteiger partial charge in [0.05, 0.1) is 24.3 Å². The zero-order valence-corrected chi connectivity index (χ0v) is 13.7. The van der Waals surface area contributed by atoms with Crippen LogP contribution in [0.2, 0.25) is 0 Å². The molecule has 1 aromatic heterocycles.